The molecule has 0 unspecified atom stereocenters. The van der Waals surface area contributed by atoms with Gasteiger partial charge in [-0.1, -0.05) is 41.5 Å². The van der Waals surface area contributed by atoms with Gasteiger partial charge in [0.1, 0.15) is 5.75 Å². The first-order chi connectivity index (χ1) is 13.5. The summed E-state index contributed by atoms with van der Waals surface area (Å²) in [6.45, 7) is 1.24. The zero-order valence-corrected chi connectivity index (χ0v) is 14.7. The lowest BCUT2D eigenvalue weighted by Gasteiger charge is -2.14. The Morgan fingerprint density at radius 2 is 1.46 bits per heavy atom. The summed E-state index contributed by atoms with van der Waals surface area (Å²) in [5.41, 5.74) is 0.392. The number of carbonyl (C=O) groups excluding carboxylic acids is 4. The van der Waals surface area contributed by atoms with E-state index in [4.69, 9.17) is 9.57 Å². The maximum absolute atomic E-state index is 12.8. The summed E-state index contributed by atoms with van der Waals surface area (Å²) in [7, 11) is 0. The standard InChI is InChI=1S/C21H13NO6/c1-12(23)27-14-10-13-6-2-3-7-15(13)18(11-14)21(26)28-22-19(24)16-8-4-5-9-17(16)20(22)25/h2-11H,1H3. The predicted molar refractivity (Wildman–Crippen MR) is 97.6 cm³/mol. The van der Waals surface area contributed by atoms with Crippen molar-refractivity contribution < 1.29 is 28.8 Å². The molecule has 0 fully saturated rings. The zero-order chi connectivity index (χ0) is 19.8. The molecule has 0 aliphatic carbocycles. The van der Waals surface area contributed by atoms with Crippen LogP contribution in [0.15, 0.2) is 60.7 Å². The van der Waals surface area contributed by atoms with Crippen molar-refractivity contribution in [3.63, 3.8) is 0 Å². The van der Waals surface area contributed by atoms with Crippen LogP contribution in [0.1, 0.15) is 38.0 Å². The van der Waals surface area contributed by atoms with Crippen LogP contribution in [-0.2, 0) is 9.63 Å². The largest absolute Gasteiger partial charge is 0.427 e. The molecule has 28 heavy (non-hydrogen) atoms. The topological polar surface area (TPSA) is 90.0 Å². The second-order valence-electron chi connectivity index (χ2n) is 6.11. The number of imide groups is 1. The van der Waals surface area contributed by atoms with Crippen molar-refractivity contribution >= 4 is 34.5 Å². The number of ether oxygens (including phenoxy) is 1. The number of amides is 2. The molecule has 0 saturated carbocycles. The monoisotopic (exact) mass is 375 g/mol. The molecule has 0 aromatic heterocycles. The summed E-state index contributed by atoms with van der Waals surface area (Å²) in [4.78, 5) is 54.0. The number of hydroxylamine groups is 2. The van der Waals surface area contributed by atoms with Crippen LogP contribution < -0.4 is 4.74 Å². The molecule has 138 valence electrons. The van der Waals surface area contributed by atoms with Gasteiger partial charge in [0.15, 0.2) is 0 Å². The molecule has 1 heterocycles. The van der Waals surface area contributed by atoms with Gasteiger partial charge in [0, 0.05) is 6.92 Å². The average molecular weight is 375 g/mol. The van der Waals surface area contributed by atoms with Crippen LogP contribution in [0.3, 0.4) is 0 Å². The fourth-order valence-corrected chi connectivity index (χ4v) is 3.06. The van der Waals surface area contributed by atoms with Crippen molar-refractivity contribution in [1.29, 1.82) is 0 Å². The molecule has 0 saturated heterocycles. The molecule has 0 atom stereocenters. The van der Waals surface area contributed by atoms with Gasteiger partial charge in [-0.05, 0) is 35.0 Å². The summed E-state index contributed by atoms with van der Waals surface area (Å²) in [5.74, 6) is -2.74. The van der Waals surface area contributed by atoms with E-state index in [1.54, 1.807) is 42.5 Å². The molecule has 7 nitrogen and oxygen atoms in total. The third kappa shape index (κ3) is 2.88. The Bertz CT molecular complexity index is 1130. The van der Waals surface area contributed by atoms with E-state index in [-0.39, 0.29) is 22.4 Å². The van der Waals surface area contributed by atoms with Gasteiger partial charge in [-0.25, -0.2) is 4.79 Å². The third-order valence-corrected chi connectivity index (χ3v) is 4.25. The van der Waals surface area contributed by atoms with Crippen molar-refractivity contribution in [2.24, 2.45) is 0 Å². The van der Waals surface area contributed by atoms with Crippen LogP contribution in [0.2, 0.25) is 0 Å². The second-order valence-corrected chi connectivity index (χ2v) is 6.11. The molecule has 1 aliphatic rings. The first kappa shape index (κ1) is 17.4. The minimum absolute atomic E-state index is 0.0610. The van der Waals surface area contributed by atoms with E-state index < -0.39 is 23.8 Å². The van der Waals surface area contributed by atoms with Crippen molar-refractivity contribution in [2.45, 2.75) is 6.92 Å². The molecular weight excluding hydrogens is 362 g/mol. The first-order valence-corrected chi connectivity index (χ1v) is 8.37. The van der Waals surface area contributed by atoms with Crippen molar-refractivity contribution in [3.05, 3.63) is 77.4 Å². The van der Waals surface area contributed by atoms with Crippen molar-refractivity contribution in [2.75, 3.05) is 0 Å². The fraction of sp³-hybridized carbons (Fsp3) is 0.0476. The van der Waals surface area contributed by atoms with E-state index in [1.807, 2.05) is 0 Å². The molecular formula is C21H13NO6. The number of hydrogen-bond donors (Lipinski definition) is 0. The minimum Gasteiger partial charge on any atom is -0.427 e. The van der Waals surface area contributed by atoms with Gasteiger partial charge in [0.25, 0.3) is 11.8 Å². The molecule has 4 rings (SSSR count). The Morgan fingerprint density at radius 1 is 0.857 bits per heavy atom. The highest BCUT2D eigenvalue weighted by Crippen LogP contribution is 2.28. The molecule has 1 aliphatic heterocycles. The van der Waals surface area contributed by atoms with Crippen LogP contribution in [0.5, 0.6) is 5.75 Å². The summed E-state index contributed by atoms with van der Waals surface area (Å²) < 4.78 is 5.08. The highest BCUT2D eigenvalue weighted by atomic mass is 16.7. The van der Waals surface area contributed by atoms with Gasteiger partial charge < -0.3 is 9.57 Å². The van der Waals surface area contributed by atoms with E-state index in [2.05, 4.69) is 0 Å². The summed E-state index contributed by atoms with van der Waals surface area (Å²) >= 11 is 0. The second kappa shape index (κ2) is 6.62. The Hall–Kier alpha value is -4.00. The maximum Gasteiger partial charge on any atom is 0.364 e. The summed E-state index contributed by atoms with van der Waals surface area (Å²) in [6.07, 6.45) is 0. The highest BCUT2D eigenvalue weighted by molar-refractivity contribution is 6.21. The highest BCUT2D eigenvalue weighted by Gasteiger charge is 2.39. The molecule has 3 aromatic rings. The van der Waals surface area contributed by atoms with Gasteiger partial charge >= 0.3 is 11.9 Å². The zero-order valence-electron chi connectivity index (χ0n) is 14.7. The van der Waals surface area contributed by atoms with Crippen LogP contribution in [-0.4, -0.2) is 28.8 Å². The van der Waals surface area contributed by atoms with E-state index in [9.17, 15) is 19.2 Å². The number of hydrogen-bond acceptors (Lipinski definition) is 6. The lowest BCUT2D eigenvalue weighted by atomic mass is 10.0. The molecule has 0 N–H and O–H groups in total. The van der Waals surface area contributed by atoms with E-state index in [0.29, 0.717) is 15.8 Å². The van der Waals surface area contributed by atoms with Gasteiger partial charge in [-0.2, -0.15) is 0 Å². The SMILES string of the molecule is CC(=O)Oc1cc(C(=O)ON2C(=O)c3ccccc3C2=O)c2ccccc2c1. The number of nitrogens with zero attached hydrogens (tertiary/aromatic N) is 1. The van der Waals surface area contributed by atoms with E-state index >= 15 is 0 Å². The van der Waals surface area contributed by atoms with Crippen molar-refractivity contribution in [3.8, 4) is 5.75 Å². The van der Waals surface area contributed by atoms with E-state index in [1.165, 1.54) is 25.1 Å². The Kier molecular flexibility index (Phi) is 4.12. The number of carbonyl (C=O) groups is 4. The van der Waals surface area contributed by atoms with Gasteiger partial charge in [0.05, 0.1) is 16.7 Å². The van der Waals surface area contributed by atoms with Crippen LogP contribution >= 0.6 is 0 Å². The molecule has 0 radical (unpaired) electrons. The smallest absolute Gasteiger partial charge is 0.364 e. The molecule has 0 spiro atoms. The van der Waals surface area contributed by atoms with E-state index in [0.717, 1.165) is 0 Å². The van der Waals surface area contributed by atoms with Gasteiger partial charge in [0.2, 0.25) is 0 Å². The Morgan fingerprint density at radius 3 is 2.11 bits per heavy atom. The van der Waals surface area contributed by atoms with Gasteiger partial charge in [-0.3, -0.25) is 14.4 Å². The van der Waals surface area contributed by atoms with Crippen LogP contribution in [0.4, 0.5) is 0 Å². The number of fused-ring (bicyclic) bond motifs is 2. The minimum atomic E-state index is -0.917. The number of benzene rings is 3. The van der Waals surface area contributed by atoms with Crippen molar-refractivity contribution in [1.82, 2.24) is 5.06 Å². The third-order valence-electron chi connectivity index (χ3n) is 4.25. The first-order valence-electron chi connectivity index (χ1n) is 8.37. The maximum atomic E-state index is 12.8. The molecule has 3 aromatic carbocycles. The lowest BCUT2D eigenvalue weighted by molar-refractivity contribution is -0.131. The molecule has 2 amide bonds. The number of esters is 1. The molecule has 7 heteroatoms. The Labute approximate surface area is 159 Å². The lowest BCUT2D eigenvalue weighted by Crippen LogP contribution is -2.32. The van der Waals surface area contributed by atoms with Gasteiger partial charge in [-0.15, -0.1) is 0 Å². The van der Waals surface area contributed by atoms with Crippen LogP contribution in [0, 0.1) is 0 Å². The Balaban J connectivity index is 1.71. The normalized spacial score (nSPS) is 12.8. The average Bonchev–Trinajstić information content (AvgIpc) is 2.92. The fourth-order valence-electron chi connectivity index (χ4n) is 3.06. The quantitative estimate of drug-likeness (QED) is 0.397. The molecule has 0 bridgehead atoms. The predicted octanol–water partition coefficient (Wildman–Crippen LogP) is 3.13. The summed E-state index contributed by atoms with van der Waals surface area (Å²) in [5, 5.41) is 1.61. The number of rotatable bonds is 3. The summed E-state index contributed by atoms with van der Waals surface area (Å²) in [6, 6.07) is 16.1. The van der Waals surface area contributed by atoms with Crippen LogP contribution in [0.25, 0.3) is 10.8 Å².